The van der Waals surface area contributed by atoms with E-state index in [1.54, 1.807) is 6.33 Å². The summed E-state index contributed by atoms with van der Waals surface area (Å²) in [6.07, 6.45) is 4.67. The molecule has 0 aromatic carbocycles. The first-order valence-corrected chi connectivity index (χ1v) is 8.48. The van der Waals surface area contributed by atoms with Gasteiger partial charge >= 0.3 is 0 Å². The molecule has 2 N–H and O–H groups in total. The minimum absolute atomic E-state index is 0.0341. The Balaban J connectivity index is 1.63. The molecule has 1 spiro atoms. The largest absolute Gasteiger partial charge is 0.347 e. The van der Waals surface area contributed by atoms with Crippen molar-refractivity contribution in [2.45, 2.75) is 69.5 Å². The number of nitrogens with zero attached hydrogens (tertiary/aromatic N) is 3. The molecule has 3 fully saturated rings. The molecule has 0 bridgehead atoms. The molecule has 0 radical (unpaired) electrons. The van der Waals surface area contributed by atoms with Gasteiger partial charge in [0.25, 0.3) is 0 Å². The first kappa shape index (κ1) is 14.8. The molecule has 0 amide bonds. The Morgan fingerprint density at radius 1 is 1.29 bits per heavy atom. The van der Waals surface area contributed by atoms with Crippen LogP contribution in [0.5, 0.6) is 0 Å². The van der Waals surface area contributed by atoms with Crippen LogP contribution in [-0.4, -0.2) is 44.2 Å². The van der Waals surface area contributed by atoms with Crippen molar-refractivity contribution in [2.75, 3.05) is 0 Å². The summed E-state index contributed by atoms with van der Waals surface area (Å²) in [5.74, 6) is -0.636. The molecule has 2 aromatic heterocycles. The van der Waals surface area contributed by atoms with Crippen LogP contribution in [0.3, 0.4) is 0 Å². The predicted molar refractivity (Wildman–Crippen MR) is 86.2 cm³/mol. The number of fused-ring (bicyclic) bond motifs is 1. The number of nitrogens with two attached hydrogens (primary N) is 1. The Morgan fingerprint density at radius 3 is 2.96 bits per heavy atom. The molecular formula is C17H22N4O3. The summed E-state index contributed by atoms with van der Waals surface area (Å²) in [4.78, 5) is 8.72. The van der Waals surface area contributed by atoms with Crippen LogP contribution in [0.1, 0.15) is 38.6 Å². The van der Waals surface area contributed by atoms with E-state index < -0.39 is 11.4 Å². The quantitative estimate of drug-likeness (QED) is 0.856. The maximum Gasteiger partial charge on any atom is 0.165 e. The Morgan fingerprint density at radius 2 is 2.12 bits per heavy atom. The van der Waals surface area contributed by atoms with Crippen molar-refractivity contribution in [3.05, 3.63) is 24.3 Å². The summed E-state index contributed by atoms with van der Waals surface area (Å²) in [5, 5.41) is 1.02. The lowest BCUT2D eigenvalue weighted by Gasteiger charge is -2.28. The van der Waals surface area contributed by atoms with Crippen LogP contribution in [0.15, 0.2) is 18.6 Å². The van der Waals surface area contributed by atoms with Crippen molar-refractivity contribution in [3.63, 3.8) is 0 Å². The molecule has 3 aliphatic rings. The summed E-state index contributed by atoms with van der Waals surface area (Å²) in [5.41, 5.74) is 7.65. The second-order valence-corrected chi connectivity index (χ2v) is 7.56. The highest BCUT2D eigenvalue weighted by molar-refractivity contribution is 5.78. The average molecular weight is 330 g/mol. The van der Waals surface area contributed by atoms with E-state index in [1.807, 2.05) is 37.6 Å². The molecule has 1 saturated carbocycles. The van der Waals surface area contributed by atoms with Gasteiger partial charge < -0.3 is 24.5 Å². The molecule has 4 heterocycles. The molecule has 128 valence electrons. The third-order valence-corrected chi connectivity index (χ3v) is 5.59. The maximum absolute atomic E-state index is 6.37. The van der Waals surface area contributed by atoms with E-state index in [-0.39, 0.29) is 24.5 Å². The van der Waals surface area contributed by atoms with E-state index in [0.29, 0.717) is 0 Å². The molecule has 24 heavy (non-hydrogen) atoms. The number of rotatable bonds is 1. The van der Waals surface area contributed by atoms with E-state index in [2.05, 4.69) is 9.97 Å². The summed E-state index contributed by atoms with van der Waals surface area (Å²) >= 11 is 0. The van der Waals surface area contributed by atoms with Gasteiger partial charge in [-0.05, 0) is 39.7 Å². The molecule has 2 aliphatic heterocycles. The Kier molecular flexibility index (Phi) is 2.80. The highest BCUT2D eigenvalue weighted by Crippen LogP contribution is 2.56. The topological polar surface area (TPSA) is 84.4 Å². The fourth-order valence-electron chi connectivity index (χ4n) is 4.66. The first-order valence-electron chi connectivity index (χ1n) is 8.48. The molecule has 2 aromatic rings. The third kappa shape index (κ3) is 1.75. The van der Waals surface area contributed by atoms with E-state index in [0.717, 1.165) is 29.6 Å². The molecule has 0 unspecified atom stereocenters. The number of ether oxygens (including phenoxy) is 3. The predicted octanol–water partition coefficient (Wildman–Crippen LogP) is 1.65. The van der Waals surface area contributed by atoms with Gasteiger partial charge in [0.15, 0.2) is 12.0 Å². The van der Waals surface area contributed by atoms with Crippen molar-refractivity contribution < 1.29 is 14.2 Å². The average Bonchev–Trinajstić information content (AvgIpc) is 3.19. The fourth-order valence-corrected chi connectivity index (χ4v) is 4.66. The van der Waals surface area contributed by atoms with Gasteiger partial charge in [-0.1, -0.05) is 0 Å². The second kappa shape index (κ2) is 4.54. The minimum atomic E-state index is -0.636. The van der Waals surface area contributed by atoms with Crippen LogP contribution in [0.2, 0.25) is 0 Å². The zero-order chi connectivity index (χ0) is 16.7. The van der Waals surface area contributed by atoms with Crippen molar-refractivity contribution in [2.24, 2.45) is 5.73 Å². The van der Waals surface area contributed by atoms with Gasteiger partial charge in [0.2, 0.25) is 0 Å². The monoisotopic (exact) mass is 330 g/mol. The smallest absolute Gasteiger partial charge is 0.165 e. The lowest BCUT2D eigenvalue weighted by atomic mass is 9.94. The van der Waals surface area contributed by atoms with Crippen LogP contribution < -0.4 is 5.73 Å². The van der Waals surface area contributed by atoms with Gasteiger partial charge in [-0.2, -0.15) is 0 Å². The Labute approximate surface area is 140 Å². The van der Waals surface area contributed by atoms with Crippen molar-refractivity contribution in [1.29, 1.82) is 0 Å². The SMILES string of the molecule is Cc1ncnc2c1ccn2[C@@H]1O[C@@H]2[C@@H](N)CC[C@@]23OC(C)(C)O[C@@H]13. The zero-order valence-electron chi connectivity index (χ0n) is 14.1. The summed E-state index contributed by atoms with van der Waals surface area (Å²) in [6.45, 7) is 5.89. The first-order chi connectivity index (χ1) is 11.4. The minimum Gasteiger partial charge on any atom is -0.347 e. The van der Waals surface area contributed by atoms with Crippen molar-refractivity contribution in [1.82, 2.24) is 14.5 Å². The van der Waals surface area contributed by atoms with Crippen molar-refractivity contribution >= 4 is 11.0 Å². The summed E-state index contributed by atoms with van der Waals surface area (Å²) in [6, 6.07) is 1.99. The van der Waals surface area contributed by atoms with Crippen LogP contribution in [0, 0.1) is 6.92 Å². The van der Waals surface area contributed by atoms with Gasteiger partial charge in [-0.15, -0.1) is 0 Å². The standard InChI is InChI=1S/C17H22N4O3/c1-9-10-5-7-21(14(10)20-8-19-9)15-13-17(24-16(2,3)23-13)6-4-11(18)12(17)22-15/h5,7-8,11-13,15H,4,6,18H2,1-3H3/t11-,12+,13-,15+,17+/m0/s1. The number of aromatic nitrogens is 3. The summed E-state index contributed by atoms with van der Waals surface area (Å²) in [7, 11) is 0. The van der Waals surface area contributed by atoms with Gasteiger partial charge in [0.05, 0.1) is 5.69 Å². The fraction of sp³-hybridized carbons (Fsp3) is 0.647. The van der Waals surface area contributed by atoms with Gasteiger partial charge in [0, 0.05) is 17.6 Å². The highest BCUT2D eigenvalue weighted by Gasteiger charge is 2.69. The maximum atomic E-state index is 6.37. The molecular weight excluding hydrogens is 308 g/mol. The summed E-state index contributed by atoms with van der Waals surface area (Å²) < 4.78 is 21.0. The second-order valence-electron chi connectivity index (χ2n) is 7.56. The lowest BCUT2D eigenvalue weighted by Crippen LogP contribution is -2.47. The normalized spacial score (nSPS) is 40.2. The third-order valence-electron chi connectivity index (χ3n) is 5.59. The van der Waals surface area contributed by atoms with Crippen LogP contribution in [0.25, 0.3) is 11.0 Å². The van der Waals surface area contributed by atoms with Crippen molar-refractivity contribution in [3.8, 4) is 0 Å². The van der Waals surface area contributed by atoms with Crippen LogP contribution in [0.4, 0.5) is 0 Å². The van der Waals surface area contributed by atoms with Gasteiger partial charge in [0.1, 0.15) is 29.8 Å². The van der Waals surface area contributed by atoms with E-state index in [9.17, 15) is 0 Å². The number of hydrogen-bond donors (Lipinski definition) is 1. The van der Waals surface area contributed by atoms with Gasteiger partial charge in [-0.25, -0.2) is 9.97 Å². The van der Waals surface area contributed by atoms with Gasteiger partial charge in [-0.3, -0.25) is 0 Å². The lowest BCUT2D eigenvalue weighted by molar-refractivity contribution is -0.208. The van der Waals surface area contributed by atoms with E-state index in [4.69, 9.17) is 19.9 Å². The van der Waals surface area contributed by atoms with Crippen LogP contribution in [-0.2, 0) is 14.2 Å². The van der Waals surface area contributed by atoms with E-state index >= 15 is 0 Å². The molecule has 7 heteroatoms. The Hall–Kier alpha value is -1.54. The zero-order valence-corrected chi connectivity index (χ0v) is 14.1. The molecule has 5 atom stereocenters. The van der Waals surface area contributed by atoms with Crippen LogP contribution >= 0.6 is 0 Å². The number of hydrogen-bond acceptors (Lipinski definition) is 6. The molecule has 5 rings (SSSR count). The van der Waals surface area contributed by atoms with E-state index in [1.165, 1.54) is 0 Å². The molecule has 1 aliphatic carbocycles. The Bertz CT molecular complexity index is 819. The molecule has 2 saturated heterocycles. The molecule has 7 nitrogen and oxygen atoms in total. The highest BCUT2D eigenvalue weighted by atomic mass is 16.8. The number of aryl methyl sites for hydroxylation is 1.